The van der Waals surface area contributed by atoms with Crippen LogP contribution in [0.15, 0.2) is 24.4 Å². The third kappa shape index (κ3) is 2.39. The number of H-pyrrole nitrogens is 1. The molecule has 0 atom stereocenters. The Kier molecular flexibility index (Phi) is 3.19. The Morgan fingerprint density at radius 2 is 2.10 bits per heavy atom. The van der Waals surface area contributed by atoms with Gasteiger partial charge in [-0.25, -0.2) is 8.78 Å². The number of rotatable bonds is 3. The van der Waals surface area contributed by atoms with Gasteiger partial charge in [0.2, 0.25) is 5.28 Å². The van der Waals surface area contributed by atoms with E-state index in [0.717, 1.165) is 18.2 Å². The summed E-state index contributed by atoms with van der Waals surface area (Å²) in [6.45, 7) is 0.0667. The van der Waals surface area contributed by atoms with E-state index in [2.05, 4.69) is 25.5 Å². The molecule has 0 aliphatic rings. The first-order chi connectivity index (χ1) is 9.63. The molecule has 0 amide bonds. The summed E-state index contributed by atoms with van der Waals surface area (Å²) in [4.78, 5) is 7.95. The first kappa shape index (κ1) is 12.7. The first-order valence-electron chi connectivity index (χ1n) is 5.68. The van der Waals surface area contributed by atoms with Crippen molar-refractivity contribution in [2.75, 3.05) is 5.32 Å². The van der Waals surface area contributed by atoms with Crippen molar-refractivity contribution in [3.8, 4) is 0 Å². The van der Waals surface area contributed by atoms with E-state index in [4.69, 9.17) is 11.6 Å². The largest absolute Gasteiger partial charge is 0.365 e. The predicted molar refractivity (Wildman–Crippen MR) is 70.4 cm³/mol. The van der Waals surface area contributed by atoms with Crippen LogP contribution in [-0.2, 0) is 6.54 Å². The van der Waals surface area contributed by atoms with Crippen LogP contribution in [0, 0.1) is 11.6 Å². The van der Waals surface area contributed by atoms with Crippen LogP contribution in [0.25, 0.3) is 11.0 Å². The summed E-state index contributed by atoms with van der Waals surface area (Å²) in [7, 11) is 0. The van der Waals surface area contributed by atoms with Crippen molar-refractivity contribution in [1.29, 1.82) is 0 Å². The molecule has 0 radical (unpaired) electrons. The lowest BCUT2D eigenvalue weighted by Crippen LogP contribution is -2.05. The average molecular weight is 296 g/mol. The zero-order chi connectivity index (χ0) is 14.1. The fourth-order valence-corrected chi connectivity index (χ4v) is 1.97. The number of aromatic amines is 1. The second-order valence-corrected chi connectivity index (χ2v) is 4.40. The summed E-state index contributed by atoms with van der Waals surface area (Å²) in [5.41, 5.74) is 0.656. The van der Waals surface area contributed by atoms with Gasteiger partial charge in [0.25, 0.3) is 0 Å². The maximum absolute atomic E-state index is 13.5. The lowest BCUT2D eigenvalue weighted by molar-refractivity contribution is 0.587. The van der Waals surface area contributed by atoms with Crippen molar-refractivity contribution >= 4 is 28.5 Å². The van der Waals surface area contributed by atoms with Gasteiger partial charge in [-0.15, -0.1) is 0 Å². The summed E-state index contributed by atoms with van der Waals surface area (Å²) in [6.07, 6.45) is 1.52. The first-order valence-corrected chi connectivity index (χ1v) is 6.05. The Labute approximate surface area is 117 Å². The van der Waals surface area contributed by atoms with E-state index in [1.807, 2.05) is 0 Å². The molecule has 0 spiro atoms. The fraction of sp³-hybridized carbons (Fsp3) is 0.0833. The van der Waals surface area contributed by atoms with Gasteiger partial charge in [0, 0.05) is 12.1 Å². The second-order valence-electron chi connectivity index (χ2n) is 4.06. The molecule has 3 rings (SSSR count). The number of nitrogens with one attached hydrogen (secondary N) is 2. The maximum Gasteiger partial charge on any atom is 0.226 e. The lowest BCUT2D eigenvalue weighted by atomic mass is 10.2. The molecule has 1 aromatic carbocycles. The maximum atomic E-state index is 13.5. The average Bonchev–Trinajstić information content (AvgIpc) is 2.87. The molecule has 0 bridgehead atoms. The molecule has 0 saturated carbocycles. The minimum atomic E-state index is -0.502. The van der Waals surface area contributed by atoms with Crippen LogP contribution in [0.5, 0.6) is 0 Å². The highest BCUT2D eigenvalue weighted by Crippen LogP contribution is 2.21. The molecular weight excluding hydrogens is 288 g/mol. The number of anilines is 1. The molecule has 20 heavy (non-hydrogen) atoms. The summed E-state index contributed by atoms with van der Waals surface area (Å²) in [5, 5.41) is 10.0. The Bertz CT molecular complexity index is 774. The highest BCUT2D eigenvalue weighted by molar-refractivity contribution is 6.28. The monoisotopic (exact) mass is 295 g/mol. The summed E-state index contributed by atoms with van der Waals surface area (Å²) in [6, 6.07) is 3.26. The van der Waals surface area contributed by atoms with Crippen LogP contribution >= 0.6 is 11.6 Å². The van der Waals surface area contributed by atoms with E-state index in [1.54, 1.807) is 0 Å². The van der Waals surface area contributed by atoms with Gasteiger partial charge >= 0.3 is 0 Å². The molecule has 2 aromatic heterocycles. The van der Waals surface area contributed by atoms with Gasteiger partial charge in [0.1, 0.15) is 17.5 Å². The van der Waals surface area contributed by atoms with Crippen molar-refractivity contribution < 1.29 is 8.78 Å². The SMILES string of the molecule is Fc1ccc(F)c(CNc2nc(Cl)nc3[nH]ncc23)c1. The van der Waals surface area contributed by atoms with Gasteiger partial charge in [-0.2, -0.15) is 15.1 Å². The lowest BCUT2D eigenvalue weighted by Gasteiger charge is -2.07. The van der Waals surface area contributed by atoms with Gasteiger partial charge in [0.05, 0.1) is 11.6 Å². The summed E-state index contributed by atoms with van der Waals surface area (Å²) >= 11 is 5.77. The van der Waals surface area contributed by atoms with Crippen molar-refractivity contribution in [1.82, 2.24) is 20.2 Å². The van der Waals surface area contributed by atoms with Crippen LogP contribution in [0.2, 0.25) is 5.28 Å². The molecule has 0 fully saturated rings. The second kappa shape index (κ2) is 5.01. The number of hydrogen-bond acceptors (Lipinski definition) is 4. The Morgan fingerprint density at radius 1 is 1.25 bits per heavy atom. The number of nitrogens with zero attached hydrogens (tertiary/aromatic N) is 3. The molecule has 2 heterocycles. The Balaban J connectivity index is 1.90. The van der Waals surface area contributed by atoms with Crippen LogP contribution in [0.3, 0.4) is 0 Å². The van der Waals surface area contributed by atoms with Crippen LogP contribution in [0.4, 0.5) is 14.6 Å². The van der Waals surface area contributed by atoms with Gasteiger partial charge in [-0.3, -0.25) is 5.10 Å². The van der Waals surface area contributed by atoms with E-state index < -0.39 is 11.6 Å². The standard InChI is InChI=1S/C12H8ClF2N5/c13-12-18-10(8-5-17-20-11(8)19-12)16-4-6-3-7(14)1-2-9(6)15/h1-3,5H,4H2,(H2,16,17,18,19,20). The summed E-state index contributed by atoms with van der Waals surface area (Å²) in [5.74, 6) is -0.600. The van der Waals surface area contributed by atoms with Crippen molar-refractivity contribution in [3.05, 3.63) is 46.9 Å². The van der Waals surface area contributed by atoms with Gasteiger partial charge in [-0.05, 0) is 29.8 Å². The fourth-order valence-electron chi connectivity index (χ4n) is 1.80. The van der Waals surface area contributed by atoms with E-state index in [9.17, 15) is 8.78 Å². The Hall–Kier alpha value is -2.28. The van der Waals surface area contributed by atoms with Crippen molar-refractivity contribution in [3.63, 3.8) is 0 Å². The van der Waals surface area contributed by atoms with E-state index in [0.29, 0.717) is 16.9 Å². The summed E-state index contributed by atoms with van der Waals surface area (Å²) < 4.78 is 26.6. The number of halogens is 3. The molecular formula is C12H8ClF2N5. The molecule has 0 aliphatic heterocycles. The molecule has 0 aliphatic carbocycles. The van der Waals surface area contributed by atoms with E-state index >= 15 is 0 Å². The molecule has 102 valence electrons. The van der Waals surface area contributed by atoms with E-state index in [1.165, 1.54) is 6.20 Å². The van der Waals surface area contributed by atoms with Crippen LogP contribution in [0.1, 0.15) is 5.56 Å². The van der Waals surface area contributed by atoms with Gasteiger partial charge < -0.3 is 5.32 Å². The topological polar surface area (TPSA) is 66.5 Å². The minimum Gasteiger partial charge on any atom is -0.365 e. The smallest absolute Gasteiger partial charge is 0.226 e. The van der Waals surface area contributed by atoms with Gasteiger partial charge in [0.15, 0.2) is 5.65 Å². The quantitative estimate of drug-likeness (QED) is 0.729. The third-order valence-corrected chi connectivity index (χ3v) is 2.91. The highest BCUT2D eigenvalue weighted by atomic mass is 35.5. The molecule has 2 N–H and O–H groups in total. The number of benzene rings is 1. The zero-order valence-corrected chi connectivity index (χ0v) is 10.7. The number of hydrogen-bond donors (Lipinski definition) is 2. The highest BCUT2D eigenvalue weighted by Gasteiger charge is 2.10. The molecule has 8 heteroatoms. The van der Waals surface area contributed by atoms with Crippen LogP contribution < -0.4 is 5.32 Å². The zero-order valence-electron chi connectivity index (χ0n) is 9.99. The third-order valence-electron chi connectivity index (χ3n) is 2.74. The van der Waals surface area contributed by atoms with Gasteiger partial charge in [-0.1, -0.05) is 0 Å². The normalized spacial score (nSPS) is 10.9. The molecule has 0 saturated heterocycles. The molecule has 3 aromatic rings. The number of fused-ring (bicyclic) bond motifs is 1. The van der Waals surface area contributed by atoms with E-state index in [-0.39, 0.29) is 17.4 Å². The van der Waals surface area contributed by atoms with Crippen LogP contribution in [-0.4, -0.2) is 20.2 Å². The Morgan fingerprint density at radius 3 is 2.95 bits per heavy atom. The van der Waals surface area contributed by atoms with Crippen molar-refractivity contribution in [2.24, 2.45) is 0 Å². The molecule has 5 nitrogen and oxygen atoms in total. The predicted octanol–water partition coefficient (Wildman–Crippen LogP) is 2.90. The molecule has 0 unspecified atom stereocenters. The number of aromatic nitrogens is 4. The van der Waals surface area contributed by atoms with Crippen molar-refractivity contribution in [2.45, 2.75) is 6.54 Å². The minimum absolute atomic E-state index is 0.0314.